The number of hydroxylamine groups is 2. The molecule has 1 saturated carbocycles. The van der Waals surface area contributed by atoms with Crippen LogP contribution < -0.4 is 10.1 Å². The van der Waals surface area contributed by atoms with Crippen LogP contribution in [-0.4, -0.2) is 83.7 Å². The molecular formula is C31H48N4O5. The molecule has 1 aromatic rings. The summed E-state index contributed by atoms with van der Waals surface area (Å²) in [5, 5.41) is 13.5. The highest BCUT2D eigenvalue weighted by Crippen LogP contribution is 2.32. The van der Waals surface area contributed by atoms with Gasteiger partial charge in [0, 0.05) is 32.2 Å². The Morgan fingerprint density at radius 1 is 1.12 bits per heavy atom. The van der Waals surface area contributed by atoms with Gasteiger partial charge < -0.3 is 15.0 Å². The van der Waals surface area contributed by atoms with Crippen LogP contribution in [0.1, 0.15) is 76.8 Å². The predicted molar refractivity (Wildman–Crippen MR) is 153 cm³/mol. The number of carbonyl (C=O) groups is 3. The number of ether oxygens (including phenoxy) is 1. The SMILES string of the molecule is COc1ccc2c(c1)CCN(C1CCN(C(=O)[C@@H](NC(=O)[C@H](CC3CCCC3)CN(O)C=O)C(C)(C)C)CC1)C2. The number of methoxy groups -OCH3 is 1. The maximum absolute atomic E-state index is 13.8. The van der Waals surface area contributed by atoms with Crippen LogP contribution in [0, 0.1) is 17.3 Å². The van der Waals surface area contributed by atoms with E-state index in [1.54, 1.807) is 7.11 Å². The van der Waals surface area contributed by atoms with E-state index in [1.807, 2.05) is 31.7 Å². The zero-order chi connectivity index (χ0) is 28.9. The zero-order valence-corrected chi connectivity index (χ0v) is 24.7. The number of nitrogens with zero attached hydrogens (tertiary/aromatic N) is 3. The van der Waals surface area contributed by atoms with Crippen LogP contribution in [0.5, 0.6) is 5.75 Å². The molecule has 2 aliphatic heterocycles. The van der Waals surface area contributed by atoms with Gasteiger partial charge in [-0.05, 0) is 60.3 Å². The van der Waals surface area contributed by atoms with Gasteiger partial charge in [0.25, 0.3) is 0 Å². The fourth-order valence-corrected chi connectivity index (χ4v) is 6.71. The van der Waals surface area contributed by atoms with Gasteiger partial charge in [-0.1, -0.05) is 52.5 Å². The Morgan fingerprint density at radius 2 is 1.82 bits per heavy atom. The third-order valence-corrected chi connectivity index (χ3v) is 9.14. The summed E-state index contributed by atoms with van der Waals surface area (Å²) in [5.74, 6) is 0.443. The molecule has 1 aliphatic carbocycles. The van der Waals surface area contributed by atoms with Gasteiger partial charge in [0.2, 0.25) is 18.2 Å². The Hall–Kier alpha value is -2.65. The van der Waals surface area contributed by atoms with Crippen molar-refractivity contribution in [1.82, 2.24) is 20.2 Å². The lowest BCUT2D eigenvalue weighted by Crippen LogP contribution is -2.58. The van der Waals surface area contributed by atoms with Crippen LogP contribution in [0.4, 0.5) is 0 Å². The quantitative estimate of drug-likeness (QED) is 0.259. The monoisotopic (exact) mass is 556 g/mol. The minimum atomic E-state index is -0.678. The zero-order valence-electron chi connectivity index (χ0n) is 24.7. The normalized spacial score (nSPS) is 20.5. The van der Waals surface area contributed by atoms with Crippen molar-refractivity contribution in [1.29, 1.82) is 0 Å². The van der Waals surface area contributed by atoms with E-state index in [1.165, 1.54) is 11.1 Å². The van der Waals surface area contributed by atoms with Crippen molar-refractivity contribution in [2.75, 3.05) is 33.3 Å². The molecule has 3 aliphatic rings. The first-order valence-corrected chi connectivity index (χ1v) is 15.0. The number of nitrogens with one attached hydrogen (secondary N) is 1. The van der Waals surface area contributed by atoms with Gasteiger partial charge in [0.1, 0.15) is 11.8 Å². The molecule has 0 unspecified atom stereocenters. The number of carbonyl (C=O) groups excluding carboxylic acids is 3. The lowest BCUT2D eigenvalue weighted by Gasteiger charge is -2.42. The first-order valence-electron chi connectivity index (χ1n) is 15.0. The topological polar surface area (TPSA) is 102 Å². The number of likely N-dealkylation sites (tertiary alicyclic amines) is 1. The van der Waals surface area contributed by atoms with E-state index in [9.17, 15) is 19.6 Å². The van der Waals surface area contributed by atoms with E-state index in [4.69, 9.17) is 4.74 Å². The van der Waals surface area contributed by atoms with Crippen molar-refractivity contribution in [2.24, 2.45) is 17.3 Å². The lowest BCUT2D eigenvalue weighted by atomic mass is 9.84. The van der Waals surface area contributed by atoms with E-state index < -0.39 is 17.4 Å². The van der Waals surface area contributed by atoms with E-state index in [-0.39, 0.29) is 18.4 Å². The van der Waals surface area contributed by atoms with E-state index >= 15 is 0 Å². The first-order chi connectivity index (χ1) is 19.1. The molecule has 1 aromatic carbocycles. The summed E-state index contributed by atoms with van der Waals surface area (Å²) in [6.07, 6.45) is 8.17. The fourth-order valence-electron chi connectivity index (χ4n) is 6.71. The van der Waals surface area contributed by atoms with E-state index in [0.717, 1.165) is 63.8 Å². The maximum Gasteiger partial charge on any atom is 0.245 e. The largest absolute Gasteiger partial charge is 0.497 e. The average molecular weight is 557 g/mol. The highest BCUT2D eigenvalue weighted by Gasteiger charge is 2.39. The first kappa shape index (κ1) is 30.3. The summed E-state index contributed by atoms with van der Waals surface area (Å²) < 4.78 is 5.38. The Bertz CT molecular complexity index is 1030. The van der Waals surface area contributed by atoms with Gasteiger partial charge in [-0.2, -0.15) is 0 Å². The summed E-state index contributed by atoms with van der Waals surface area (Å²) >= 11 is 0. The number of rotatable bonds is 10. The van der Waals surface area contributed by atoms with Gasteiger partial charge in [0.05, 0.1) is 19.6 Å². The molecule has 2 N–H and O–H groups in total. The van der Waals surface area contributed by atoms with Crippen LogP contribution in [0.25, 0.3) is 0 Å². The molecule has 0 radical (unpaired) electrons. The molecule has 2 atom stereocenters. The van der Waals surface area contributed by atoms with Crippen molar-refractivity contribution < 1.29 is 24.3 Å². The molecule has 1 saturated heterocycles. The standard InChI is InChI=1S/C31H48N4O5/c1-31(2,3)28(32-29(37)25(20-35(39)21-36)17-22-7-5-6-8-22)30(38)33-15-12-26(13-16-33)34-14-11-23-18-27(40-4)10-9-24(23)19-34/h9-10,18,21-22,25-26,28,39H,5-8,11-17,19-20H2,1-4H3,(H,32,37)/t25-,28-/m1/s1. The third-order valence-electron chi connectivity index (χ3n) is 9.14. The summed E-state index contributed by atoms with van der Waals surface area (Å²) in [7, 11) is 1.70. The molecule has 40 heavy (non-hydrogen) atoms. The lowest BCUT2D eigenvalue weighted by molar-refractivity contribution is -0.156. The molecule has 2 heterocycles. The number of benzene rings is 1. The number of fused-ring (bicyclic) bond motifs is 1. The minimum Gasteiger partial charge on any atom is -0.497 e. The van der Waals surface area contributed by atoms with Crippen molar-refractivity contribution in [3.63, 3.8) is 0 Å². The van der Waals surface area contributed by atoms with Crippen molar-refractivity contribution in [3.05, 3.63) is 29.3 Å². The predicted octanol–water partition coefficient (Wildman–Crippen LogP) is 3.62. The fraction of sp³-hybridized carbons (Fsp3) is 0.710. The Labute approximate surface area is 239 Å². The van der Waals surface area contributed by atoms with Crippen LogP contribution in [0.3, 0.4) is 0 Å². The van der Waals surface area contributed by atoms with E-state index in [0.29, 0.717) is 42.9 Å². The number of amides is 3. The number of hydrogen-bond donors (Lipinski definition) is 2. The average Bonchev–Trinajstić information content (AvgIpc) is 3.47. The minimum absolute atomic E-state index is 0.0498. The van der Waals surface area contributed by atoms with Crippen molar-refractivity contribution in [2.45, 2.75) is 90.8 Å². The number of piperidine rings is 1. The highest BCUT2D eigenvalue weighted by molar-refractivity contribution is 5.89. The summed E-state index contributed by atoms with van der Waals surface area (Å²) in [6, 6.07) is 6.09. The Balaban J connectivity index is 1.36. The molecule has 3 amide bonds. The van der Waals surface area contributed by atoms with E-state index in [2.05, 4.69) is 22.3 Å². The van der Waals surface area contributed by atoms with Crippen LogP contribution in [-0.2, 0) is 27.3 Å². The second-order valence-electron chi connectivity index (χ2n) is 13.0. The summed E-state index contributed by atoms with van der Waals surface area (Å²) in [5.41, 5.74) is 2.22. The summed E-state index contributed by atoms with van der Waals surface area (Å²) in [4.78, 5) is 42.8. The highest BCUT2D eigenvalue weighted by atomic mass is 16.5. The van der Waals surface area contributed by atoms with Crippen LogP contribution in [0.2, 0.25) is 0 Å². The van der Waals surface area contributed by atoms with Crippen LogP contribution >= 0.6 is 0 Å². The molecule has 0 spiro atoms. The third kappa shape index (κ3) is 7.55. The maximum atomic E-state index is 13.8. The molecule has 2 fully saturated rings. The van der Waals surface area contributed by atoms with Crippen LogP contribution in [0.15, 0.2) is 18.2 Å². The Kier molecular flexibility index (Phi) is 10.1. The second kappa shape index (κ2) is 13.3. The molecule has 4 rings (SSSR count). The summed E-state index contributed by atoms with van der Waals surface area (Å²) in [6.45, 7) is 9.11. The molecule has 0 bridgehead atoms. The van der Waals surface area contributed by atoms with Gasteiger partial charge in [-0.3, -0.25) is 24.5 Å². The van der Waals surface area contributed by atoms with Gasteiger partial charge in [0.15, 0.2) is 0 Å². The van der Waals surface area contributed by atoms with Crippen molar-refractivity contribution in [3.8, 4) is 5.75 Å². The number of hydrogen-bond acceptors (Lipinski definition) is 6. The second-order valence-corrected chi connectivity index (χ2v) is 13.0. The molecule has 222 valence electrons. The van der Waals surface area contributed by atoms with Crippen molar-refractivity contribution >= 4 is 18.2 Å². The van der Waals surface area contributed by atoms with Gasteiger partial charge >= 0.3 is 0 Å². The van der Waals surface area contributed by atoms with Gasteiger partial charge in [-0.15, -0.1) is 0 Å². The Morgan fingerprint density at radius 3 is 2.45 bits per heavy atom. The molecule has 0 aromatic heterocycles. The molecule has 9 heteroatoms. The molecule has 9 nitrogen and oxygen atoms in total. The van der Waals surface area contributed by atoms with Gasteiger partial charge in [-0.25, -0.2) is 5.06 Å². The smallest absolute Gasteiger partial charge is 0.245 e. The molecular weight excluding hydrogens is 508 g/mol.